The van der Waals surface area contributed by atoms with E-state index in [4.69, 9.17) is 26.8 Å². The predicted octanol–water partition coefficient (Wildman–Crippen LogP) is 2.67. The van der Waals surface area contributed by atoms with Crippen molar-refractivity contribution in [2.45, 2.75) is 13.0 Å². The van der Waals surface area contributed by atoms with Gasteiger partial charge in [0.05, 0.1) is 30.0 Å². The maximum Gasteiger partial charge on any atom is 0.340 e. The molecule has 0 saturated carbocycles. The van der Waals surface area contributed by atoms with Crippen molar-refractivity contribution >= 4 is 45.1 Å². The molecule has 2 aromatic heterocycles. The van der Waals surface area contributed by atoms with Gasteiger partial charge in [0.2, 0.25) is 0 Å². The maximum absolute atomic E-state index is 13.6. The lowest BCUT2D eigenvalue weighted by Gasteiger charge is -2.19. The maximum atomic E-state index is 13.6. The number of esters is 1. The third-order valence-electron chi connectivity index (χ3n) is 5.82. The van der Waals surface area contributed by atoms with Crippen molar-refractivity contribution in [3.63, 3.8) is 0 Å². The van der Waals surface area contributed by atoms with Crippen molar-refractivity contribution in [2.75, 3.05) is 13.7 Å². The van der Waals surface area contributed by atoms with E-state index in [0.717, 1.165) is 9.36 Å². The fourth-order valence-corrected chi connectivity index (χ4v) is 4.54. The van der Waals surface area contributed by atoms with Gasteiger partial charge < -0.3 is 15.2 Å². The van der Waals surface area contributed by atoms with Crippen molar-refractivity contribution < 1.29 is 14.3 Å². The zero-order chi connectivity index (χ0) is 24.1. The highest BCUT2D eigenvalue weighted by Gasteiger charge is 2.40. The Morgan fingerprint density at radius 1 is 1.12 bits per heavy atom. The Hall–Kier alpha value is -4.11. The van der Waals surface area contributed by atoms with Gasteiger partial charge in [0, 0.05) is 10.9 Å². The molecule has 1 atom stereocenters. The molecule has 10 heteroatoms. The molecule has 1 aliphatic rings. The van der Waals surface area contributed by atoms with E-state index in [1.54, 1.807) is 49.4 Å². The van der Waals surface area contributed by atoms with E-state index in [9.17, 15) is 14.4 Å². The average Bonchev–Trinajstić information content (AvgIpc) is 3.15. The highest BCUT2D eigenvalue weighted by molar-refractivity contribution is 6.30. The molecule has 0 bridgehead atoms. The van der Waals surface area contributed by atoms with Crippen molar-refractivity contribution in [3.8, 4) is 5.75 Å². The molecule has 0 fully saturated rings. The number of carbonyl (C=O) groups excluding carboxylic acids is 1. The molecule has 2 N–H and O–H groups in total. The number of methoxy groups -OCH3 is 1. The summed E-state index contributed by atoms with van der Waals surface area (Å²) in [6.07, 6.45) is 0. The van der Waals surface area contributed by atoms with E-state index in [1.807, 2.05) is 0 Å². The summed E-state index contributed by atoms with van der Waals surface area (Å²) in [5, 5.41) is 1.09. The second kappa shape index (κ2) is 8.03. The number of halogens is 1. The summed E-state index contributed by atoms with van der Waals surface area (Å²) in [5.74, 6) is -0.363. The molecule has 172 valence electrons. The average molecular weight is 479 g/mol. The number of rotatable bonds is 4. The summed E-state index contributed by atoms with van der Waals surface area (Å²) < 4.78 is 12.7. The van der Waals surface area contributed by atoms with Crippen LogP contribution >= 0.6 is 11.6 Å². The molecule has 34 heavy (non-hydrogen) atoms. The van der Waals surface area contributed by atoms with Crippen molar-refractivity contribution in [3.05, 3.63) is 85.5 Å². The summed E-state index contributed by atoms with van der Waals surface area (Å²) in [4.78, 5) is 44.4. The first-order valence-electron chi connectivity index (χ1n) is 10.4. The van der Waals surface area contributed by atoms with Crippen LogP contribution < -0.4 is 21.6 Å². The number of pyridine rings is 1. The SMILES string of the molecule is CCOC(=O)C1=C(N)n2c(=O)c3ccccc3c(=O)n2C1c1cc2cc(OC)ccc2nc1Cl. The second-order valence-corrected chi connectivity index (χ2v) is 8.02. The fourth-order valence-electron chi connectivity index (χ4n) is 4.30. The van der Waals surface area contributed by atoms with Crippen LogP contribution in [0.4, 0.5) is 0 Å². The summed E-state index contributed by atoms with van der Waals surface area (Å²) in [5.41, 5.74) is 6.11. The molecule has 5 rings (SSSR count). The molecule has 1 aliphatic heterocycles. The number of hydrogen-bond acceptors (Lipinski definition) is 7. The molecule has 0 aliphatic carbocycles. The van der Waals surface area contributed by atoms with Crippen LogP contribution in [0.15, 0.2) is 63.7 Å². The zero-order valence-electron chi connectivity index (χ0n) is 18.2. The molecule has 3 heterocycles. The summed E-state index contributed by atoms with van der Waals surface area (Å²) in [6.45, 7) is 1.72. The van der Waals surface area contributed by atoms with Crippen molar-refractivity contribution in [1.82, 2.24) is 14.3 Å². The van der Waals surface area contributed by atoms with Gasteiger partial charge in [-0.25, -0.2) is 14.5 Å². The van der Waals surface area contributed by atoms with Gasteiger partial charge in [0.15, 0.2) is 0 Å². The molecule has 9 nitrogen and oxygen atoms in total. The first kappa shape index (κ1) is 21.7. The standard InChI is InChI=1S/C24H19ClN4O5/c1-3-34-24(32)18-19(16-11-12-10-13(33-2)8-9-17(12)27-20(16)25)28-22(30)14-6-4-5-7-15(14)23(31)29(28)21(18)26/h4-11,19H,3,26H2,1-2H3. The predicted molar refractivity (Wildman–Crippen MR) is 128 cm³/mol. The van der Waals surface area contributed by atoms with Crippen LogP contribution in [0, 0.1) is 0 Å². The Kier molecular flexibility index (Phi) is 5.13. The number of hydrogen-bond donors (Lipinski definition) is 1. The minimum absolute atomic E-state index is 0.0539. The van der Waals surface area contributed by atoms with Crippen LogP contribution in [0.3, 0.4) is 0 Å². The van der Waals surface area contributed by atoms with E-state index in [2.05, 4.69) is 4.98 Å². The monoisotopic (exact) mass is 478 g/mol. The van der Waals surface area contributed by atoms with Crippen LogP contribution in [-0.2, 0) is 9.53 Å². The van der Waals surface area contributed by atoms with Crippen molar-refractivity contribution in [2.24, 2.45) is 5.73 Å². The van der Waals surface area contributed by atoms with Gasteiger partial charge >= 0.3 is 5.97 Å². The lowest BCUT2D eigenvalue weighted by Crippen LogP contribution is -2.38. The normalized spacial score (nSPS) is 15.1. The Morgan fingerprint density at radius 2 is 1.82 bits per heavy atom. The van der Waals surface area contributed by atoms with Gasteiger partial charge in [-0.1, -0.05) is 23.7 Å². The Bertz CT molecular complexity index is 1650. The highest BCUT2D eigenvalue weighted by atomic mass is 35.5. The third kappa shape index (κ3) is 3.08. The molecular formula is C24H19ClN4O5. The van der Waals surface area contributed by atoms with Gasteiger partial charge in [-0.3, -0.25) is 9.59 Å². The van der Waals surface area contributed by atoms with Crippen molar-refractivity contribution in [1.29, 1.82) is 0 Å². The van der Waals surface area contributed by atoms with E-state index in [-0.39, 0.29) is 33.9 Å². The number of benzene rings is 2. The van der Waals surface area contributed by atoms with E-state index < -0.39 is 23.1 Å². The molecule has 4 aromatic rings. The quantitative estimate of drug-likeness (QED) is 0.354. The lowest BCUT2D eigenvalue weighted by molar-refractivity contribution is -0.138. The smallest absolute Gasteiger partial charge is 0.340 e. The zero-order valence-corrected chi connectivity index (χ0v) is 19.0. The second-order valence-electron chi connectivity index (χ2n) is 7.66. The summed E-state index contributed by atoms with van der Waals surface area (Å²) in [6, 6.07) is 12.2. The number of fused-ring (bicyclic) bond motifs is 3. The Morgan fingerprint density at radius 3 is 2.50 bits per heavy atom. The molecule has 1 unspecified atom stereocenters. The topological polar surface area (TPSA) is 118 Å². The van der Waals surface area contributed by atoms with Crippen LogP contribution in [0.25, 0.3) is 27.5 Å². The molecule has 0 spiro atoms. The summed E-state index contributed by atoms with van der Waals surface area (Å²) >= 11 is 6.57. The minimum atomic E-state index is -1.13. The third-order valence-corrected chi connectivity index (χ3v) is 6.12. The van der Waals surface area contributed by atoms with Gasteiger partial charge in [0.25, 0.3) is 11.1 Å². The van der Waals surface area contributed by atoms with E-state index in [1.165, 1.54) is 13.2 Å². The Labute approximate surface area is 197 Å². The van der Waals surface area contributed by atoms with Crippen LogP contribution in [-0.4, -0.2) is 34.0 Å². The lowest BCUT2D eigenvalue weighted by atomic mass is 9.99. The van der Waals surface area contributed by atoms with Gasteiger partial charge in [-0.05, 0) is 43.3 Å². The number of ether oxygens (including phenoxy) is 2. The first-order valence-corrected chi connectivity index (χ1v) is 10.8. The number of nitrogens with zero attached hydrogens (tertiary/aromatic N) is 3. The van der Waals surface area contributed by atoms with Crippen LogP contribution in [0.2, 0.25) is 5.15 Å². The first-order chi connectivity index (χ1) is 16.4. The fraction of sp³-hybridized carbons (Fsp3) is 0.167. The van der Waals surface area contributed by atoms with E-state index in [0.29, 0.717) is 22.2 Å². The molecule has 0 radical (unpaired) electrons. The number of nitrogens with two attached hydrogens (primary N) is 1. The molecule has 0 saturated heterocycles. The van der Waals surface area contributed by atoms with Gasteiger partial charge in [-0.15, -0.1) is 0 Å². The molecule has 2 aromatic carbocycles. The highest BCUT2D eigenvalue weighted by Crippen LogP contribution is 2.38. The summed E-state index contributed by atoms with van der Waals surface area (Å²) in [7, 11) is 1.54. The van der Waals surface area contributed by atoms with Gasteiger partial charge in [-0.2, -0.15) is 4.68 Å². The Balaban J connectivity index is 1.88. The number of carbonyl (C=O) groups is 1. The van der Waals surface area contributed by atoms with Crippen LogP contribution in [0.1, 0.15) is 18.5 Å². The van der Waals surface area contributed by atoms with Gasteiger partial charge in [0.1, 0.15) is 28.3 Å². The molecule has 0 amide bonds. The molecular weight excluding hydrogens is 460 g/mol. The minimum Gasteiger partial charge on any atom is -0.497 e. The largest absolute Gasteiger partial charge is 0.497 e. The van der Waals surface area contributed by atoms with Crippen LogP contribution in [0.5, 0.6) is 5.75 Å². The van der Waals surface area contributed by atoms with E-state index >= 15 is 0 Å². The number of aromatic nitrogens is 3.